The molecule has 0 aromatic heterocycles. The normalized spacial score (nSPS) is 20.1. The molecule has 55 heavy (non-hydrogen) atoms. The van der Waals surface area contributed by atoms with Gasteiger partial charge in [-0.15, -0.1) is 0 Å². The molecular weight excluding hydrogens is 697 g/mol. The average molecular weight is 773 g/mol. The summed E-state index contributed by atoms with van der Waals surface area (Å²) in [5, 5.41) is 14.0. The molecule has 0 aliphatic carbocycles. The number of Topliss-reactive ketones (excluding diaryl/α,β-unsaturated/α-hetero) is 1. The fraction of sp³-hybridized carbons (Fsp3) is 0.773. The van der Waals surface area contributed by atoms with Crippen LogP contribution in [0.3, 0.4) is 0 Å². The number of ketones is 1. The van der Waals surface area contributed by atoms with Crippen molar-refractivity contribution in [3.63, 3.8) is 0 Å². The van der Waals surface area contributed by atoms with Crippen LogP contribution in [0.15, 0.2) is 30.3 Å². The Morgan fingerprint density at radius 3 is 2.00 bits per heavy atom. The predicted molar refractivity (Wildman–Crippen MR) is 219 cm³/mol. The number of carbonyl (C=O) groups is 4. The monoisotopic (exact) mass is 773 g/mol. The molecule has 0 bridgehead atoms. The quantitative estimate of drug-likeness (QED) is 0.153. The Morgan fingerprint density at radius 2 is 1.51 bits per heavy atom. The second kappa shape index (κ2) is 21.6. The maximum atomic E-state index is 14.4. The van der Waals surface area contributed by atoms with Gasteiger partial charge in [0.15, 0.2) is 0 Å². The van der Waals surface area contributed by atoms with Crippen LogP contribution >= 0.6 is 0 Å². The van der Waals surface area contributed by atoms with Gasteiger partial charge in [-0.3, -0.25) is 24.1 Å². The highest BCUT2D eigenvalue weighted by molar-refractivity contribution is 5.90. The van der Waals surface area contributed by atoms with Crippen LogP contribution < -0.4 is 5.32 Å². The largest absolute Gasteiger partial charge is 0.388 e. The van der Waals surface area contributed by atoms with Crippen molar-refractivity contribution >= 4 is 23.5 Å². The van der Waals surface area contributed by atoms with Gasteiger partial charge in [-0.1, -0.05) is 92.1 Å². The van der Waals surface area contributed by atoms with Crippen LogP contribution in [0.5, 0.6) is 0 Å². The Morgan fingerprint density at radius 1 is 0.909 bits per heavy atom. The molecule has 1 heterocycles. The number of rotatable bonds is 21. The summed E-state index contributed by atoms with van der Waals surface area (Å²) in [5.74, 6) is -1.50. The molecule has 1 aromatic carbocycles. The molecule has 1 aliphatic heterocycles. The maximum Gasteiger partial charge on any atom is 0.245 e. The molecule has 314 valence electrons. The van der Waals surface area contributed by atoms with E-state index in [4.69, 9.17) is 9.47 Å². The Hall–Kier alpha value is -2.86. The van der Waals surface area contributed by atoms with Crippen molar-refractivity contribution in [2.45, 2.75) is 156 Å². The van der Waals surface area contributed by atoms with Crippen LogP contribution in [0.4, 0.5) is 0 Å². The summed E-state index contributed by atoms with van der Waals surface area (Å²) >= 11 is 0. The molecular formula is C44H76N4O7. The number of amides is 3. The average Bonchev–Trinajstić information content (AvgIpc) is 3.62. The zero-order chi connectivity index (χ0) is 41.9. The van der Waals surface area contributed by atoms with E-state index in [1.165, 1.54) is 0 Å². The van der Waals surface area contributed by atoms with Gasteiger partial charge in [0.2, 0.25) is 17.7 Å². The molecule has 0 radical (unpaired) electrons. The Bertz CT molecular complexity index is 1370. The lowest BCUT2D eigenvalue weighted by Crippen LogP contribution is -2.61. The molecule has 1 unspecified atom stereocenters. The highest BCUT2D eigenvalue weighted by atomic mass is 16.5. The van der Waals surface area contributed by atoms with Crippen molar-refractivity contribution in [2.24, 2.45) is 29.6 Å². The van der Waals surface area contributed by atoms with E-state index in [2.05, 4.69) is 44.8 Å². The lowest BCUT2D eigenvalue weighted by atomic mass is 9.85. The fourth-order valence-electron chi connectivity index (χ4n) is 8.25. The molecule has 11 nitrogen and oxygen atoms in total. The van der Waals surface area contributed by atoms with Gasteiger partial charge in [0, 0.05) is 45.7 Å². The summed E-state index contributed by atoms with van der Waals surface area (Å²) in [5.41, 5.74) is 0.520. The Balaban J connectivity index is 2.28. The van der Waals surface area contributed by atoms with Crippen molar-refractivity contribution in [3.05, 3.63) is 35.9 Å². The molecule has 2 N–H and O–H groups in total. The van der Waals surface area contributed by atoms with Gasteiger partial charge in [0.05, 0.1) is 42.9 Å². The second-order valence-corrected chi connectivity index (χ2v) is 17.8. The molecule has 1 fully saturated rings. The number of carbonyl (C=O) groups excluding carboxylic acids is 4. The minimum absolute atomic E-state index is 0.0161. The lowest BCUT2D eigenvalue weighted by Gasteiger charge is -2.42. The number of nitrogens with one attached hydrogen (secondary N) is 1. The van der Waals surface area contributed by atoms with E-state index in [9.17, 15) is 24.3 Å². The van der Waals surface area contributed by atoms with E-state index in [1.54, 1.807) is 26.2 Å². The lowest BCUT2D eigenvalue weighted by molar-refractivity contribution is -0.148. The Kier molecular flexibility index (Phi) is 19.0. The number of aliphatic hydroxyl groups is 1. The highest BCUT2D eigenvalue weighted by Crippen LogP contribution is 2.32. The summed E-state index contributed by atoms with van der Waals surface area (Å²) in [6.45, 7) is 22.5. The molecule has 1 aromatic rings. The maximum absolute atomic E-state index is 14.4. The van der Waals surface area contributed by atoms with Gasteiger partial charge >= 0.3 is 0 Å². The predicted octanol–water partition coefficient (Wildman–Crippen LogP) is 6.13. The summed E-state index contributed by atoms with van der Waals surface area (Å²) in [4.78, 5) is 61.7. The number of methoxy groups -OCH3 is 2. The van der Waals surface area contributed by atoms with E-state index >= 15 is 0 Å². The Labute approximate surface area is 333 Å². The van der Waals surface area contributed by atoms with Crippen LogP contribution in [0.25, 0.3) is 0 Å². The van der Waals surface area contributed by atoms with Gasteiger partial charge < -0.3 is 29.7 Å². The fourth-order valence-corrected chi connectivity index (χ4v) is 8.25. The second-order valence-electron chi connectivity index (χ2n) is 17.8. The van der Waals surface area contributed by atoms with E-state index in [0.29, 0.717) is 13.0 Å². The third-order valence-corrected chi connectivity index (χ3v) is 12.2. The molecule has 0 saturated carbocycles. The molecule has 10 atom stereocenters. The zero-order valence-electron chi connectivity index (χ0n) is 36.8. The molecule has 0 spiro atoms. The number of likely N-dealkylation sites (N-methyl/N-ethyl adjacent to an activating group) is 2. The summed E-state index contributed by atoms with van der Waals surface area (Å²) in [6, 6.07) is 7.41. The van der Waals surface area contributed by atoms with Gasteiger partial charge in [0.1, 0.15) is 11.8 Å². The summed E-state index contributed by atoms with van der Waals surface area (Å²) in [7, 11) is 6.86. The first-order valence-corrected chi connectivity index (χ1v) is 20.5. The zero-order valence-corrected chi connectivity index (χ0v) is 36.8. The topological polar surface area (TPSA) is 129 Å². The van der Waals surface area contributed by atoms with Crippen molar-refractivity contribution in [1.29, 1.82) is 0 Å². The van der Waals surface area contributed by atoms with Crippen LogP contribution in [0, 0.1) is 29.6 Å². The molecule has 1 aliphatic rings. The molecule has 3 amide bonds. The number of aliphatic hydroxyl groups excluding tert-OH is 1. The third kappa shape index (κ3) is 12.6. The summed E-state index contributed by atoms with van der Waals surface area (Å²) in [6.07, 6.45) is 0.560. The minimum Gasteiger partial charge on any atom is -0.388 e. The number of likely N-dealkylation sites (tertiary alicyclic amines) is 1. The van der Waals surface area contributed by atoms with Crippen LogP contribution in [0.1, 0.15) is 120 Å². The van der Waals surface area contributed by atoms with Crippen molar-refractivity contribution in [1.82, 2.24) is 20.0 Å². The van der Waals surface area contributed by atoms with E-state index in [1.807, 2.05) is 83.8 Å². The van der Waals surface area contributed by atoms with Gasteiger partial charge in [-0.2, -0.15) is 0 Å². The van der Waals surface area contributed by atoms with Crippen LogP contribution in [-0.4, -0.2) is 120 Å². The SMILES string of the molecule is CC[C@@H](C)[C@H]([C@H](CC(=O)N1CCCC1[C@@H](OC)[C@H](C)C(=O)C[C@@H](C)[C@H](O)c1ccccc1)OC)N(C)C(=O)[C@H](NC(=O)[C@@H](C(C)C)N(C)C(C)(C)C)C(C)C. The van der Waals surface area contributed by atoms with Crippen molar-refractivity contribution < 1.29 is 33.8 Å². The number of benzene rings is 1. The number of nitrogens with zero attached hydrogens (tertiary/aromatic N) is 3. The van der Waals surface area contributed by atoms with Crippen LogP contribution in [0.2, 0.25) is 0 Å². The minimum atomic E-state index is -0.771. The first-order valence-electron chi connectivity index (χ1n) is 20.5. The van der Waals surface area contributed by atoms with E-state index < -0.39 is 42.4 Å². The highest BCUT2D eigenvalue weighted by Gasteiger charge is 2.43. The van der Waals surface area contributed by atoms with Gasteiger partial charge in [-0.25, -0.2) is 0 Å². The number of hydrogen-bond acceptors (Lipinski definition) is 8. The molecule has 2 rings (SSSR count). The third-order valence-electron chi connectivity index (χ3n) is 12.2. The standard InChI is InChI=1S/C44H76N4O7/c1-16-29(6)39(46(12)43(53)37(27(2)3)45-42(52)38(28(4)5)47(13)44(9,10)11)35(54-14)26-36(50)48-24-20-23-33(48)41(55-15)31(8)34(49)25-30(7)40(51)32-21-18-17-19-22-32/h17-19,21-22,27-31,33,35,37-41,51H,16,20,23-26H2,1-15H3,(H,45,52)/t29-,30-,31-,33?,35+,37-,38-,39-,40+,41+/m1/s1. The summed E-state index contributed by atoms with van der Waals surface area (Å²) < 4.78 is 12.0. The van der Waals surface area contributed by atoms with Crippen LogP contribution in [-0.2, 0) is 28.7 Å². The van der Waals surface area contributed by atoms with Gasteiger partial charge in [0.25, 0.3) is 0 Å². The van der Waals surface area contributed by atoms with Crippen molar-refractivity contribution in [3.8, 4) is 0 Å². The first kappa shape index (κ1) is 48.3. The molecule has 11 heteroatoms. The number of hydrogen-bond donors (Lipinski definition) is 2. The number of ether oxygens (including phenoxy) is 2. The van der Waals surface area contributed by atoms with E-state index in [0.717, 1.165) is 18.4 Å². The first-order chi connectivity index (χ1) is 25.6. The van der Waals surface area contributed by atoms with Gasteiger partial charge in [-0.05, 0) is 69.9 Å². The van der Waals surface area contributed by atoms with E-state index in [-0.39, 0.29) is 71.6 Å². The molecule has 1 saturated heterocycles. The van der Waals surface area contributed by atoms with Crippen molar-refractivity contribution in [2.75, 3.05) is 34.9 Å². The smallest absolute Gasteiger partial charge is 0.245 e.